The molecule has 0 amide bonds. The predicted molar refractivity (Wildman–Crippen MR) is 137 cm³/mol. The number of benzene rings is 2. The largest absolute Gasteiger partial charge is 0.351 e. The van der Waals surface area contributed by atoms with Gasteiger partial charge in [0.2, 0.25) is 5.82 Å². The Morgan fingerprint density at radius 2 is 1.91 bits per heavy atom. The van der Waals surface area contributed by atoms with Crippen LogP contribution < -0.4 is 5.32 Å². The number of rotatable bonds is 5. The third-order valence-corrected chi connectivity index (χ3v) is 7.35. The van der Waals surface area contributed by atoms with Gasteiger partial charge in [-0.2, -0.15) is 4.98 Å². The van der Waals surface area contributed by atoms with E-state index in [9.17, 15) is 4.39 Å². The Bertz CT molecular complexity index is 1390. The first-order chi connectivity index (χ1) is 16.4. The molecule has 5 nitrogen and oxygen atoms in total. The minimum absolute atomic E-state index is 0.270. The zero-order valence-electron chi connectivity index (χ0n) is 19.0. The zero-order chi connectivity index (χ0) is 23.8. The molecule has 172 valence electrons. The van der Waals surface area contributed by atoms with Crippen LogP contribution >= 0.6 is 23.6 Å². The number of hydrogen-bond acceptors (Lipinski definition) is 5. The molecule has 34 heavy (non-hydrogen) atoms. The van der Waals surface area contributed by atoms with Crippen LogP contribution in [0.25, 0.3) is 16.3 Å². The van der Waals surface area contributed by atoms with Gasteiger partial charge in [-0.05, 0) is 67.2 Å². The van der Waals surface area contributed by atoms with Gasteiger partial charge in [-0.3, -0.25) is 0 Å². The van der Waals surface area contributed by atoms with Gasteiger partial charge in [-0.1, -0.05) is 47.6 Å². The normalized spacial score (nSPS) is 16.2. The van der Waals surface area contributed by atoms with Gasteiger partial charge in [0.15, 0.2) is 5.11 Å². The molecule has 1 aliphatic rings. The van der Waals surface area contributed by atoms with Crippen molar-refractivity contribution in [3.05, 3.63) is 99.6 Å². The van der Waals surface area contributed by atoms with E-state index in [1.807, 2.05) is 35.4 Å². The molecule has 3 heterocycles. The van der Waals surface area contributed by atoms with E-state index in [0.717, 1.165) is 21.7 Å². The number of thiocarbonyl (C=S) groups is 1. The van der Waals surface area contributed by atoms with Crippen LogP contribution in [0.3, 0.4) is 0 Å². The Kier molecular flexibility index (Phi) is 6.02. The second kappa shape index (κ2) is 9.12. The number of allylic oxidation sites excluding steroid dienone is 1. The smallest absolute Gasteiger partial charge is 0.258 e. The van der Waals surface area contributed by atoms with Crippen molar-refractivity contribution in [2.45, 2.75) is 33.4 Å². The van der Waals surface area contributed by atoms with E-state index in [4.69, 9.17) is 21.7 Å². The summed E-state index contributed by atoms with van der Waals surface area (Å²) in [5, 5.41) is 10.2. The minimum atomic E-state index is -0.277. The first-order valence-electron chi connectivity index (χ1n) is 10.9. The van der Waals surface area contributed by atoms with Crippen molar-refractivity contribution >= 4 is 34.2 Å². The summed E-state index contributed by atoms with van der Waals surface area (Å²) < 4.78 is 20.2. The van der Waals surface area contributed by atoms with Gasteiger partial charge in [0.25, 0.3) is 5.89 Å². The molecule has 1 aliphatic heterocycles. The van der Waals surface area contributed by atoms with Crippen molar-refractivity contribution in [3.63, 3.8) is 0 Å². The molecule has 0 radical (unpaired) electrons. The van der Waals surface area contributed by atoms with Crippen LogP contribution in [-0.4, -0.2) is 20.2 Å². The van der Waals surface area contributed by atoms with Gasteiger partial charge in [0.1, 0.15) is 5.82 Å². The van der Waals surface area contributed by atoms with Gasteiger partial charge in [-0.15, -0.1) is 11.3 Å². The summed E-state index contributed by atoms with van der Waals surface area (Å²) in [7, 11) is 0. The lowest BCUT2D eigenvalue weighted by atomic mass is 9.92. The molecule has 2 aromatic heterocycles. The van der Waals surface area contributed by atoms with Gasteiger partial charge in [0, 0.05) is 11.3 Å². The van der Waals surface area contributed by atoms with Crippen LogP contribution in [-0.2, 0) is 6.54 Å². The fourth-order valence-electron chi connectivity index (χ4n) is 4.08. The Morgan fingerprint density at radius 1 is 1.09 bits per heavy atom. The predicted octanol–water partition coefficient (Wildman–Crippen LogP) is 6.42. The number of thiophene rings is 1. The molecular weight excluding hydrogens is 467 g/mol. The molecule has 1 unspecified atom stereocenters. The summed E-state index contributed by atoms with van der Waals surface area (Å²) in [6, 6.07) is 16.7. The molecule has 1 N–H and O–H groups in total. The Morgan fingerprint density at radius 3 is 2.65 bits per heavy atom. The van der Waals surface area contributed by atoms with Crippen molar-refractivity contribution in [1.82, 2.24) is 20.4 Å². The molecule has 2 aromatic carbocycles. The molecule has 0 saturated carbocycles. The van der Waals surface area contributed by atoms with E-state index < -0.39 is 0 Å². The van der Waals surface area contributed by atoms with Crippen LogP contribution in [0.4, 0.5) is 4.39 Å². The number of hydrogen-bond donors (Lipinski definition) is 1. The lowest BCUT2D eigenvalue weighted by Crippen LogP contribution is -2.45. The summed E-state index contributed by atoms with van der Waals surface area (Å²) >= 11 is 7.30. The number of aromatic nitrogens is 2. The maximum Gasteiger partial charge on any atom is 0.258 e. The highest BCUT2D eigenvalue weighted by Crippen LogP contribution is 2.38. The van der Waals surface area contributed by atoms with Crippen LogP contribution in [0.15, 0.2) is 70.2 Å². The molecule has 0 fully saturated rings. The van der Waals surface area contributed by atoms with Gasteiger partial charge in [-0.25, -0.2) is 4.39 Å². The highest BCUT2D eigenvalue weighted by molar-refractivity contribution is 7.80. The van der Waals surface area contributed by atoms with E-state index in [1.165, 1.54) is 17.2 Å². The third-order valence-electron chi connectivity index (χ3n) is 6.14. The summed E-state index contributed by atoms with van der Waals surface area (Å²) in [5.41, 5.74) is 5.66. The van der Waals surface area contributed by atoms with Gasteiger partial charge < -0.3 is 14.7 Å². The molecule has 0 aliphatic carbocycles. The first-order valence-corrected chi connectivity index (χ1v) is 12.2. The Labute approximate surface area is 206 Å². The summed E-state index contributed by atoms with van der Waals surface area (Å²) in [6.45, 7) is 6.43. The van der Waals surface area contributed by atoms with Crippen molar-refractivity contribution in [2.75, 3.05) is 0 Å². The molecule has 8 heteroatoms. The number of halogens is 1. The fraction of sp³-hybridized carbons (Fsp3) is 0.192. The quantitative estimate of drug-likeness (QED) is 0.326. The van der Waals surface area contributed by atoms with Crippen molar-refractivity contribution in [2.24, 2.45) is 0 Å². The maximum atomic E-state index is 14.5. The lowest BCUT2D eigenvalue weighted by Gasteiger charge is -2.37. The standard InChI is InChI=1S/C26H23FN4OS2/c1-15-10-11-18(13-16(15)2)23-22(25-29-24(30-32-25)21-9-6-12-34-21)17(3)31(26(33)28-23)14-19-7-4-5-8-20(19)27/h4-13,23H,14H2,1-3H3,(H,28,33). The van der Waals surface area contributed by atoms with Gasteiger partial charge in [0.05, 0.1) is 23.0 Å². The first kappa shape index (κ1) is 22.4. The molecule has 0 bridgehead atoms. The monoisotopic (exact) mass is 490 g/mol. The molecule has 0 spiro atoms. The summed E-state index contributed by atoms with van der Waals surface area (Å²) in [4.78, 5) is 7.53. The molecule has 4 aromatic rings. The third kappa shape index (κ3) is 4.15. The average molecular weight is 491 g/mol. The summed E-state index contributed by atoms with van der Waals surface area (Å²) in [5.74, 6) is 0.685. The van der Waals surface area contributed by atoms with Crippen molar-refractivity contribution < 1.29 is 8.91 Å². The summed E-state index contributed by atoms with van der Waals surface area (Å²) in [6.07, 6.45) is 0. The van der Waals surface area contributed by atoms with Crippen molar-refractivity contribution in [1.29, 1.82) is 0 Å². The highest BCUT2D eigenvalue weighted by atomic mass is 32.1. The lowest BCUT2D eigenvalue weighted by molar-refractivity contribution is 0.395. The Hall–Kier alpha value is -3.36. The van der Waals surface area contributed by atoms with E-state index in [-0.39, 0.29) is 11.9 Å². The van der Waals surface area contributed by atoms with E-state index >= 15 is 0 Å². The maximum absolute atomic E-state index is 14.5. The fourth-order valence-corrected chi connectivity index (χ4v) is 5.05. The van der Waals surface area contributed by atoms with E-state index in [1.54, 1.807) is 23.5 Å². The van der Waals surface area contributed by atoms with Crippen LogP contribution in [0.1, 0.15) is 41.1 Å². The van der Waals surface area contributed by atoms with Crippen LogP contribution in [0.2, 0.25) is 0 Å². The molecule has 1 atom stereocenters. The van der Waals surface area contributed by atoms with Crippen LogP contribution in [0, 0.1) is 19.7 Å². The second-order valence-electron chi connectivity index (χ2n) is 8.30. The second-order valence-corrected chi connectivity index (χ2v) is 9.64. The highest BCUT2D eigenvalue weighted by Gasteiger charge is 2.34. The van der Waals surface area contributed by atoms with Crippen LogP contribution in [0.5, 0.6) is 0 Å². The minimum Gasteiger partial charge on any atom is -0.351 e. The molecule has 0 saturated heterocycles. The zero-order valence-corrected chi connectivity index (χ0v) is 20.6. The number of aryl methyl sites for hydroxylation is 2. The van der Waals surface area contributed by atoms with Crippen molar-refractivity contribution in [3.8, 4) is 10.7 Å². The van der Waals surface area contributed by atoms with E-state index in [2.05, 4.69) is 42.5 Å². The average Bonchev–Trinajstić information content (AvgIpc) is 3.51. The number of nitrogens with zero attached hydrogens (tertiary/aromatic N) is 3. The molecular formula is C26H23FN4OS2. The van der Waals surface area contributed by atoms with E-state index in [0.29, 0.717) is 28.9 Å². The Balaban J connectivity index is 1.62. The SMILES string of the molecule is CC1=C(c2nc(-c3cccs3)no2)C(c2ccc(C)c(C)c2)NC(=S)N1Cc1ccccc1F. The topological polar surface area (TPSA) is 54.2 Å². The van der Waals surface area contributed by atoms with Gasteiger partial charge >= 0.3 is 0 Å². The molecule has 5 rings (SSSR count). The number of nitrogens with one attached hydrogen (secondary N) is 1.